The second-order valence-corrected chi connectivity index (χ2v) is 7.67. The Kier molecular flexibility index (Phi) is 8.53. The maximum absolute atomic E-state index is 4.52. The molecular weight excluding hydrogens is 438 g/mol. The molecule has 2 N–H and O–H groups in total. The summed E-state index contributed by atoms with van der Waals surface area (Å²) >= 11 is 0. The average Bonchev–Trinajstić information content (AvgIpc) is 2.91. The van der Waals surface area contributed by atoms with Crippen LogP contribution in [0.5, 0.6) is 0 Å². The number of rotatable bonds is 11. The molecule has 4 rings (SSSR count). The molecule has 0 aliphatic heterocycles. The number of para-hydroxylation sites is 1. The summed E-state index contributed by atoms with van der Waals surface area (Å²) in [5.74, 6) is 0.464. The molecule has 1 aromatic heterocycles. The summed E-state index contributed by atoms with van der Waals surface area (Å²) in [5.41, 5.74) is 4.65. The SMILES string of the molecule is CCCCCNc1c(N=Nc2ccc(N=Nc3ccccc3)cc2)cccc1Nc1ncncn1. The maximum Gasteiger partial charge on any atom is 0.230 e. The fraction of sp³-hybridized carbons (Fsp3) is 0.192. The predicted molar refractivity (Wildman–Crippen MR) is 139 cm³/mol. The van der Waals surface area contributed by atoms with Crippen LogP contribution in [0.15, 0.2) is 106 Å². The van der Waals surface area contributed by atoms with E-state index in [1.54, 1.807) is 0 Å². The number of hydrogen-bond acceptors (Lipinski definition) is 9. The lowest BCUT2D eigenvalue weighted by molar-refractivity contribution is 0.744. The number of aromatic nitrogens is 3. The van der Waals surface area contributed by atoms with Crippen LogP contribution >= 0.6 is 0 Å². The lowest BCUT2D eigenvalue weighted by Gasteiger charge is -2.14. The van der Waals surface area contributed by atoms with Gasteiger partial charge in [-0.2, -0.15) is 15.3 Å². The third-order valence-electron chi connectivity index (χ3n) is 5.02. The molecule has 176 valence electrons. The normalized spacial score (nSPS) is 11.2. The zero-order chi connectivity index (χ0) is 24.1. The summed E-state index contributed by atoms with van der Waals surface area (Å²) in [4.78, 5) is 12.2. The fourth-order valence-corrected chi connectivity index (χ4v) is 3.23. The zero-order valence-corrected chi connectivity index (χ0v) is 19.5. The smallest absolute Gasteiger partial charge is 0.230 e. The van der Waals surface area contributed by atoms with Crippen LogP contribution in [0.4, 0.5) is 40.1 Å². The Morgan fingerprint density at radius 1 is 0.686 bits per heavy atom. The number of nitrogens with zero attached hydrogens (tertiary/aromatic N) is 7. The summed E-state index contributed by atoms with van der Waals surface area (Å²) in [5, 5.41) is 24.2. The Morgan fingerprint density at radius 2 is 1.34 bits per heavy atom. The van der Waals surface area contributed by atoms with Gasteiger partial charge in [-0.05, 0) is 55.0 Å². The van der Waals surface area contributed by atoms with Gasteiger partial charge in [-0.1, -0.05) is 44.0 Å². The van der Waals surface area contributed by atoms with E-state index in [0.717, 1.165) is 54.2 Å². The van der Waals surface area contributed by atoms with Gasteiger partial charge in [0.2, 0.25) is 5.95 Å². The van der Waals surface area contributed by atoms with Crippen molar-refractivity contribution in [1.82, 2.24) is 15.0 Å². The van der Waals surface area contributed by atoms with Crippen LogP contribution in [-0.2, 0) is 0 Å². The highest BCUT2D eigenvalue weighted by Crippen LogP contribution is 2.35. The lowest BCUT2D eigenvalue weighted by atomic mass is 10.2. The maximum atomic E-state index is 4.52. The van der Waals surface area contributed by atoms with Crippen LogP contribution in [0.25, 0.3) is 0 Å². The van der Waals surface area contributed by atoms with Gasteiger partial charge in [0.25, 0.3) is 0 Å². The summed E-state index contributed by atoms with van der Waals surface area (Å²) in [6.45, 7) is 3.01. The Morgan fingerprint density at radius 3 is 2.03 bits per heavy atom. The Balaban J connectivity index is 1.51. The molecule has 9 heteroatoms. The molecule has 0 saturated carbocycles. The van der Waals surface area contributed by atoms with Crippen LogP contribution in [-0.4, -0.2) is 21.5 Å². The lowest BCUT2D eigenvalue weighted by Crippen LogP contribution is -2.05. The minimum absolute atomic E-state index is 0.464. The topological polar surface area (TPSA) is 112 Å². The van der Waals surface area contributed by atoms with E-state index in [9.17, 15) is 0 Å². The standard InChI is InChI=1S/C26H27N9/c1-2-3-7-17-28-25-23(31-26-29-18-27-19-30-26)11-8-12-24(25)35-34-22-15-13-21(14-16-22)33-32-20-9-5-4-6-10-20/h4-6,8-16,18-19,28H,2-3,7,17H2,1H3,(H,27,29,30,31). The molecule has 35 heavy (non-hydrogen) atoms. The molecule has 0 amide bonds. The van der Waals surface area contributed by atoms with Crippen LogP contribution in [0.3, 0.4) is 0 Å². The molecule has 4 aromatic rings. The van der Waals surface area contributed by atoms with Crippen LogP contribution in [0, 0.1) is 0 Å². The molecule has 0 atom stereocenters. The minimum atomic E-state index is 0.464. The monoisotopic (exact) mass is 465 g/mol. The summed E-state index contributed by atoms with van der Waals surface area (Å²) in [6.07, 6.45) is 6.28. The third kappa shape index (κ3) is 7.23. The number of hydrogen-bond donors (Lipinski definition) is 2. The molecule has 0 aliphatic carbocycles. The first-order valence-electron chi connectivity index (χ1n) is 11.6. The minimum Gasteiger partial charge on any atom is -0.382 e. The van der Waals surface area contributed by atoms with Crippen molar-refractivity contribution in [1.29, 1.82) is 0 Å². The molecule has 0 aliphatic rings. The van der Waals surface area contributed by atoms with Gasteiger partial charge in [-0.25, -0.2) is 15.0 Å². The van der Waals surface area contributed by atoms with Gasteiger partial charge in [0.1, 0.15) is 18.3 Å². The van der Waals surface area contributed by atoms with E-state index < -0.39 is 0 Å². The molecule has 0 unspecified atom stereocenters. The number of benzene rings is 3. The first kappa shape index (κ1) is 23.6. The fourth-order valence-electron chi connectivity index (χ4n) is 3.23. The van der Waals surface area contributed by atoms with Crippen molar-refractivity contribution in [2.45, 2.75) is 26.2 Å². The van der Waals surface area contributed by atoms with Crippen molar-refractivity contribution in [2.24, 2.45) is 20.5 Å². The van der Waals surface area contributed by atoms with Crippen LogP contribution in [0.2, 0.25) is 0 Å². The van der Waals surface area contributed by atoms with Gasteiger partial charge in [-0.3, -0.25) is 0 Å². The van der Waals surface area contributed by atoms with E-state index in [1.165, 1.54) is 12.7 Å². The second kappa shape index (κ2) is 12.6. The quantitative estimate of drug-likeness (QED) is 0.172. The Hall–Kier alpha value is -4.53. The zero-order valence-electron chi connectivity index (χ0n) is 19.5. The number of unbranched alkanes of at least 4 members (excludes halogenated alkanes) is 2. The summed E-state index contributed by atoms with van der Waals surface area (Å²) < 4.78 is 0. The van der Waals surface area contributed by atoms with Gasteiger partial charge >= 0.3 is 0 Å². The van der Waals surface area contributed by atoms with E-state index in [1.807, 2.05) is 72.8 Å². The Bertz CT molecular complexity index is 1240. The Labute approximate surface area is 204 Å². The van der Waals surface area contributed by atoms with E-state index in [-0.39, 0.29) is 0 Å². The van der Waals surface area contributed by atoms with Crippen LogP contribution < -0.4 is 10.6 Å². The van der Waals surface area contributed by atoms with Crippen LogP contribution in [0.1, 0.15) is 26.2 Å². The summed E-state index contributed by atoms with van der Waals surface area (Å²) in [7, 11) is 0. The molecule has 0 fully saturated rings. The summed E-state index contributed by atoms with van der Waals surface area (Å²) in [6, 6.07) is 22.9. The van der Waals surface area contributed by atoms with Crippen molar-refractivity contribution in [3.63, 3.8) is 0 Å². The van der Waals surface area contributed by atoms with Gasteiger partial charge in [0.05, 0.1) is 28.4 Å². The van der Waals surface area contributed by atoms with Gasteiger partial charge in [0, 0.05) is 6.54 Å². The van der Waals surface area contributed by atoms with E-state index in [2.05, 4.69) is 53.0 Å². The van der Waals surface area contributed by atoms with Crippen molar-refractivity contribution >= 4 is 40.1 Å². The molecular formula is C26H27N9. The second-order valence-electron chi connectivity index (χ2n) is 7.67. The molecule has 9 nitrogen and oxygen atoms in total. The van der Waals surface area contributed by atoms with Crippen molar-refractivity contribution in [2.75, 3.05) is 17.2 Å². The highest BCUT2D eigenvalue weighted by Gasteiger charge is 2.09. The predicted octanol–water partition coefficient (Wildman–Crippen LogP) is 8.05. The highest BCUT2D eigenvalue weighted by molar-refractivity contribution is 5.82. The van der Waals surface area contributed by atoms with Gasteiger partial charge in [0.15, 0.2) is 0 Å². The third-order valence-corrected chi connectivity index (χ3v) is 5.02. The van der Waals surface area contributed by atoms with Crippen molar-refractivity contribution in [3.05, 3.63) is 85.5 Å². The first-order chi connectivity index (χ1) is 17.3. The van der Waals surface area contributed by atoms with Crippen molar-refractivity contribution < 1.29 is 0 Å². The largest absolute Gasteiger partial charge is 0.382 e. The highest BCUT2D eigenvalue weighted by atomic mass is 15.2. The number of azo groups is 2. The first-order valence-corrected chi connectivity index (χ1v) is 11.6. The van der Waals surface area contributed by atoms with E-state index in [4.69, 9.17) is 0 Å². The molecule has 0 bridgehead atoms. The average molecular weight is 466 g/mol. The molecule has 1 heterocycles. The van der Waals surface area contributed by atoms with Gasteiger partial charge in [-0.15, -0.1) is 5.11 Å². The molecule has 3 aromatic carbocycles. The molecule has 0 radical (unpaired) electrons. The van der Waals surface area contributed by atoms with E-state index in [0.29, 0.717) is 11.6 Å². The van der Waals surface area contributed by atoms with Gasteiger partial charge < -0.3 is 10.6 Å². The number of anilines is 3. The van der Waals surface area contributed by atoms with Crippen molar-refractivity contribution in [3.8, 4) is 0 Å². The molecule has 0 saturated heterocycles. The number of nitrogens with one attached hydrogen (secondary N) is 2. The van der Waals surface area contributed by atoms with E-state index >= 15 is 0 Å². The molecule has 0 spiro atoms.